The van der Waals surface area contributed by atoms with Crippen LogP contribution >= 0.6 is 0 Å². The van der Waals surface area contributed by atoms with Crippen LogP contribution in [0.2, 0.25) is 0 Å². The van der Waals surface area contributed by atoms with Crippen LogP contribution in [-0.4, -0.2) is 24.5 Å². The lowest BCUT2D eigenvalue weighted by Crippen LogP contribution is -2.27. The van der Waals surface area contributed by atoms with Crippen molar-refractivity contribution in [2.45, 2.75) is 175 Å². The van der Waals surface area contributed by atoms with Crippen molar-refractivity contribution in [2.75, 3.05) is 19.6 Å². The van der Waals surface area contributed by atoms with Gasteiger partial charge in [0.2, 0.25) is 0 Å². The number of nitrogens with zero attached hydrogens (tertiary/aromatic N) is 1. The molecule has 0 aromatic heterocycles. The average Bonchev–Trinajstić information content (AvgIpc) is 2.78. The average molecular weight is 438 g/mol. The molecule has 0 amide bonds. The van der Waals surface area contributed by atoms with Crippen molar-refractivity contribution in [3.05, 3.63) is 0 Å². The van der Waals surface area contributed by atoms with Crippen LogP contribution in [0.5, 0.6) is 0 Å². The van der Waals surface area contributed by atoms with E-state index in [1.807, 2.05) is 0 Å². The van der Waals surface area contributed by atoms with Gasteiger partial charge in [-0.25, -0.2) is 0 Å². The molecule has 0 N–H and O–H groups in total. The third kappa shape index (κ3) is 26.1. The van der Waals surface area contributed by atoms with Crippen LogP contribution in [0.3, 0.4) is 0 Å². The van der Waals surface area contributed by atoms with Crippen LogP contribution in [0.4, 0.5) is 0 Å². The first-order valence-electron chi connectivity index (χ1n) is 15.1. The number of hydrogen-bond donors (Lipinski definition) is 0. The molecule has 0 radical (unpaired) electrons. The van der Waals surface area contributed by atoms with Crippen LogP contribution < -0.4 is 0 Å². The topological polar surface area (TPSA) is 3.24 Å². The van der Waals surface area contributed by atoms with Crippen LogP contribution in [-0.2, 0) is 0 Å². The Morgan fingerprint density at radius 2 is 0.484 bits per heavy atom. The molecule has 0 atom stereocenters. The first-order chi connectivity index (χ1) is 15.3. The van der Waals surface area contributed by atoms with E-state index in [-0.39, 0.29) is 0 Å². The van der Waals surface area contributed by atoms with Gasteiger partial charge in [-0.2, -0.15) is 0 Å². The molecule has 0 aromatic carbocycles. The largest absolute Gasteiger partial charge is 0.303 e. The lowest BCUT2D eigenvalue weighted by atomic mass is 10.1. The maximum absolute atomic E-state index is 2.78. The van der Waals surface area contributed by atoms with E-state index in [1.165, 1.54) is 174 Å². The third-order valence-corrected chi connectivity index (χ3v) is 6.98. The van der Waals surface area contributed by atoms with Crippen LogP contribution in [0.1, 0.15) is 175 Å². The summed E-state index contributed by atoms with van der Waals surface area (Å²) in [5.41, 5.74) is 0. The van der Waals surface area contributed by atoms with Crippen molar-refractivity contribution < 1.29 is 0 Å². The molecular weight excluding hydrogens is 374 g/mol. The summed E-state index contributed by atoms with van der Waals surface area (Å²) in [6.45, 7) is 11.0. The van der Waals surface area contributed by atoms with E-state index in [2.05, 4.69) is 25.7 Å². The van der Waals surface area contributed by atoms with E-state index >= 15 is 0 Å². The third-order valence-electron chi connectivity index (χ3n) is 6.98. The smallest absolute Gasteiger partial charge is 0.00187 e. The van der Waals surface area contributed by atoms with Gasteiger partial charge in [0.15, 0.2) is 0 Å². The van der Waals surface area contributed by atoms with E-state index in [0.717, 1.165) is 0 Å². The fourth-order valence-electron chi connectivity index (χ4n) is 4.72. The normalized spacial score (nSPS) is 11.6. The van der Waals surface area contributed by atoms with E-state index in [1.54, 1.807) is 0 Å². The molecule has 0 rings (SSSR count). The van der Waals surface area contributed by atoms with Gasteiger partial charge >= 0.3 is 0 Å². The Kier molecular flexibility index (Phi) is 28.0. The van der Waals surface area contributed by atoms with E-state index in [9.17, 15) is 0 Å². The van der Waals surface area contributed by atoms with Gasteiger partial charge in [-0.3, -0.25) is 0 Å². The Bertz CT molecular complexity index is 275. The highest BCUT2D eigenvalue weighted by Crippen LogP contribution is 2.13. The summed E-state index contributed by atoms with van der Waals surface area (Å²) in [5, 5.41) is 0. The Morgan fingerprint density at radius 3 is 0.774 bits per heavy atom. The summed E-state index contributed by atoms with van der Waals surface area (Å²) in [5.74, 6) is 0. The van der Waals surface area contributed by atoms with Crippen molar-refractivity contribution in [1.82, 2.24) is 4.90 Å². The van der Waals surface area contributed by atoms with E-state index < -0.39 is 0 Å². The Labute approximate surface area is 199 Å². The van der Waals surface area contributed by atoms with Gasteiger partial charge in [-0.1, -0.05) is 156 Å². The second-order valence-electron chi connectivity index (χ2n) is 10.3. The predicted molar refractivity (Wildman–Crippen MR) is 144 cm³/mol. The molecule has 0 bridgehead atoms. The molecule has 0 aliphatic rings. The molecular formula is C30H63N. The maximum atomic E-state index is 2.78. The molecule has 0 unspecified atom stereocenters. The van der Waals surface area contributed by atoms with Crippen LogP contribution in [0.15, 0.2) is 0 Å². The summed E-state index contributed by atoms with van der Waals surface area (Å²) < 4.78 is 0. The highest BCUT2D eigenvalue weighted by molar-refractivity contribution is 4.60. The molecule has 0 saturated heterocycles. The summed E-state index contributed by atoms with van der Waals surface area (Å²) in [4.78, 5) is 2.78. The maximum Gasteiger partial charge on any atom is -0.00187 e. The van der Waals surface area contributed by atoms with Crippen molar-refractivity contribution in [1.29, 1.82) is 0 Å². The molecule has 0 spiro atoms. The quantitative estimate of drug-likeness (QED) is 0.115. The lowest BCUT2D eigenvalue weighted by molar-refractivity contribution is 0.256. The molecule has 0 aliphatic heterocycles. The number of rotatable bonds is 27. The summed E-state index contributed by atoms with van der Waals surface area (Å²) in [6.07, 6.45) is 34.7. The monoisotopic (exact) mass is 437 g/mol. The van der Waals surface area contributed by atoms with Crippen molar-refractivity contribution in [3.63, 3.8) is 0 Å². The van der Waals surface area contributed by atoms with Gasteiger partial charge in [0.1, 0.15) is 0 Å². The molecule has 0 aromatic rings. The standard InChI is InChI=1S/C30H63N/c1-4-7-10-12-14-16-18-20-22-24-26-29-31(28-9-6-3)30-27-25-23-21-19-17-15-13-11-8-5-2/h4-30H2,1-3H3. The zero-order valence-corrected chi connectivity index (χ0v) is 22.5. The minimum atomic E-state index is 1.34. The second-order valence-corrected chi connectivity index (χ2v) is 10.3. The Balaban J connectivity index is 3.50. The molecule has 0 fully saturated rings. The Hall–Kier alpha value is -0.0400. The van der Waals surface area contributed by atoms with Gasteiger partial charge < -0.3 is 4.90 Å². The minimum absolute atomic E-state index is 1.34. The summed E-state index contributed by atoms with van der Waals surface area (Å²) in [6, 6.07) is 0. The molecule has 0 aliphatic carbocycles. The summed E-state index contributed by atoms with van der Waals surface area (Å²) in [7, 11) is 0. The van der Waals surface area contributed by atoms with Crippen LogP contribution in [0, 0.1) is 0 Å². The predicted octanol–water partition coefficient (Wildman–Crippen LogP) is 10.7. The number of unbranched alkanes of at least 4 members (excludes halogenated alkanes) is 21. The molecule has 188 valence electrons. The van der Waals surface area contributed by atoms with Crippen LogP contribution in [0.25, 0.3) is 0 Å². The molecule has 0 saturated carbocycles. The highest BCUT2D eigenvalue weighted by Gasteiger charge is 2.04. The fourth-order valence-corrected chi connectivity index (χ4v) is 4.72. The molecule has 31 heavy (non-hydrogen) atoms. The molecule has 0 heterocycles. The molecule has 1 heteroatoms. The first-order valence-corrected chi connectivity index (χ1v) is 15.1. The zero-order valence-electron chi connectivity index (χ0n) is 22.5. The lowest BCUT2D eigenvalue weighted by Gasteiger charge is -2.22. The summed E-state index contributed by atoms with van der Waals surface area (Å²) >= 11 is 0. The Morgan fingerprint density at radius 1 is 0.258 bits per heavy atom. The fraction of sp³-hybridized carbons (Fsp3) is 1.00. The highest BCUT2D eigenvalue weighted by atomic mass is 15.1. The SMILES string of the molecule is CCCCCCCCCCCCCN(CCCC)CCCCCCCCCCCCC. The van der Waals surface area contributed by atoms with Crippen molar-refractivity contribution in [3.8, 4) is 0 Å². The minimum Gasteiger partial charge on any atom is -0.303 e. The van der Waals surface area contributed by atoms with Gasteiger partial charge in [0.05, 0.1) is 0 Å². The number of hydrogen-bond acceptors (Lipinski definition) is 1. The second kappa shape index (κ2) is 28.0. The van der Waals surface area contributed by atoms with Crippen molar-refractivity contribution >= 4 is 0 Å². The van der Waals surface area contributed by atoms with Gasteiger partial charge in [0.25, 0.3) is 0 Å². The zero-order chi connectivity index (χ0) is 22.7. The van der Waals surface area contributed by atoms with Gasteiger partial charge in [0, 0.05) is 0 Å². The van der Waals surface area contributed by atoms with Gasteiger partial charge in [-0.05, 0) is 38.9 Å². The van der Waals surface area contributed by atoms with E-state index in [4.69, 9.17) is 0 Å². The first kappa shape index (κ1) is 31.0. The van der Waals surface area contributed by atoms with E-state index in [0.29, 0.717) is 0 Å². The van der Waals surface area contributed by atoms with Gasteiger partial charge in [-0.15, -0.1) is 0 Å². The molecule has 1 nitrogen and oxygen atoms in total. The van der Waals surface area contributed by atoms with Crippen molar-refractivity contribution in [2.24, 2.45) is 0 Å².